The number of carbonyl (C=O) groups excluding carboxylic acids is 1. The Bertz CT molecular complexity index is 496. The Hall–Kier alpha value is -2.51. The van der Waals surface area contributed by atoms with Crippen LogP contribution in [-0.2, 0) is 11.3 Å². The topological polar surface area (TPSA) is 94.8 Å². The quantitative estimate of drug-likeness (QED) is 0.742. The summed E-state index contributed by atoms with van der Waals surface area (Å²) in [5.74, 6) is 0.0828. The van der Waals surface area contributed by atoms with E-state index in [9.17, 15) is 4.79 Å². The van der Waals surface area contributed by atoms with Crippen LogP contribution in [0.5, 0.6) is 0 Å². The first kappa shape index (κ1) is 12.0. The standard InChI is InChI=1S/C10H12N6O2/c1-18-10(17)8-6-13-9(7-12-8)11-2-4-16-5-3-14-15-16/h3,5-7H,2,4H2,1H3,(H,11,13). The summed E-state index contributed by atoms with van der Waals surface area (Å²) in [5, 5.41) is 10.6. The molecule has 0 bridgehead atoms. The van der Waals surface area contributed by atoms with E-state index in [-0.39, 0.29) is 5.69 Å². The van der Waals surface area contributed by atoms with Crippen molar-refractivity contribution < 1.29 is 9.53 Å². The Labute approximate surface area is 103 Å². The van der Waals surface area contributed by atoms with Gasteiger partial charge in [0.15, 0.2) is 5.69 Å². The summed E-state index contributed by atoms with van der Waals surface area (Å²) in [7, 11) is 1.30. The molecule has 2 rings (SSSR count). The second-order valence-electron chi connectivity index (χ2n) is 3.37. The van der Waals surface area contributed by atoms with Crippen LogP contribution in [0, 0.1) is 0 Å². The maximum absolute atomic E-state index is 11.1. The van der Waals surface area contributed by atoms with E-state index in [4.69, 9.17) is 0 Å². The molecule has 0 aliphatic carbocycles. The lowest BCUT2D eigenvalue weighted by atomic mass is 10.4. The van der Waals surface area contributed by atoms with E-state index in [0.29, 0.717) is 18.9 Å². The second-order valence-corrected chi connectivity index (χ2v) is 3.37. The molecule has 8 nitrogen and oxygen atoms in total. The Kier molecular flexibility index (Phi) is 3.79. The molecular formula is C10H12N6O2. The van der Waals surface area contributed by atoms with Crippen molar-refractivity contribution in [3.63, 3.8) is 0 Å². The first-order valence-electron chi connectivity index (χ1n) is 5.28. The molecule has 94 valence electrons. The third kappa shape index (κ3) is 3.00. The van der Waals surface area contributed by atoms with E-state index in [2.05, 4.69) is 30.3 Å². The van der Waals surface area contributed by atoms with Crippen molar-refractivity contribution in [1.82, 2.24) is 25.0 Å². The zero-order valence-corrected chi connectivity index (χ0v) is 9.78. The largest absolute Gasteiger partial charge is 0.464 e. The number of hydrogen-bond acceptors (Lipinski definition) is 7. The number of aromatic nitrogens is 5. The third-order valence-corrected chi connectivity index (χ3v) is 2.17. The number of anilines is 1. The monoisotopic (exact) mass is 248 g/mol. The van der Waals surface area contributed by atoms with Gasteiger partial charge in [0, 0.05) is 12.7 Å². The van der Waals surface area contributed by atoms with E-state index in [1.807, 2.05) is 0 Å². The van der Waals surface area contributed by atoms with Crippen LogP contribution in [0.3, 0.4) is 0 Å². The number of esters is 1. The maximum atomic E-state index is 11.1. The number of nitrogens with one attached hydrogen (secondary N) is 1. The predicted octanol–water partition coefficient (Wildman–Crippen LogP) is -0.0332. The van der Waals surface area contributed by atoms with Crippen molar-refractivity contribution in [2.45, 2.75) is 6.54 Å². The number of rotatable bonds is 5. The van der Waals surface area contributed by atoms with E-state index in [1.54, 1.807) is 17.1 Å². The molecule has 0 fully saturated rings. The molecule has 0 radical (unpaired) electrons. The van der Waals surface area contributed by atoms with Crippen molar-refractivity contribution in [1.29, 1.82) is 0 Å². The van der Waals surface area contributed by atoms with Gasteiger partial charge in [-0.1, -0.05) is 5.21 Å². The van der Waals surface area contributed by atoms with Crippen molar-refractivity contribution in [3.05, 3.63) is 30.5 Å². The molecule has 2 aromatic rings. The van der Waals surface area contributed by atoms with Crippen LogP contribution < -0.4 is 5.32 Å². The average Bonchev–Trinajstić information content (AvgIpc) is 2.92. The predicted molar refractivity (Wildman–Crippen MR) is 61.9 cm³/mol. The van der Waals surface area contributed by atoms with Gasteiger partial charge in [-0.3, -0.25) is 4.68 Å². The molecule has 0 spiro atoms. The summed E-state index contributed by atoms with van der Waals surface area (Å²) in [4.78, 5) is 19.1. The minimum atomic E-state index is -0.503. The summed E-state index contributed by atoms with van der Waals surface area (Å²) in [5.41, 5.74) is 0.180. The van der Waals surface area contributed by atoms with Crippen LogP contribution in [0.4, 0.5) is 5.82 Å². The molecule has 0 saturated heterocycles. The van der Waals surface area contributed by atoms with Gasteiger partial charge in [0.05, 0.1) is 32.2 Å². The number of methoxy groups -OCH3 is 1. The minimum absolute atomic E-state index is 0.180. The summed E-state index contributed by atoms with van der Waals surface area (Å²) in [6.45, 7) is 1.30. The lowest BCUT2D eigenvalue weighted by molar-refractivity contribution is 0.0593. The van der Waals surface area contributed by atoms with Gasteiger partial charge in [0.1, 0.15) is 5.82 Å². The molecule has 2 heterocycles. The Morgan fingerprint density at radius 2 is 2.33 bits per heavy atom. The average molecular weight is 248 g/mol. The SMILES string of the molecule is COC(=O)c1cnc(NCCn2ccnn2)cn1. The van der Waals surface area contributed by atoms with Gasteiger partial charge in [-0.05, 0) is 0 Å². The Morgan fingerprint density at radius 3 is 2.94 bits per heavy atom. The maximum Gasteiger partial charge on any atom is 0.358 e. The molecule has 2 aromatic heterocycles. The molecule has 0 saturated carbocycles. The highest BCUT2D eigenvalue weighted by Crippen LogP contribution is 2.01. The highest BCUT2D eigenvalue weighted by molar-refractivity contribution is 5.86. The number of nitrogens with zero attached hydrogens (tertiary/aromatic N) is 5. The zero-order valence-electron chi connectivity index (χ0n) is 9.78. The molecule has 0 aliphatic heterocycles. The fourth-order valence-corrected chi connectivity index (χ4v) is 1.28. The molecule has 1 N–H and O–H groups in total. The Morgan fingerprint density at radius 1 is 1.44 bits per heavy atom. The molecular weight excluding hydrogens is 236 g/mol. The van der Waals surface area contributed by atoms with Crippen molar-refractivity contribution in [2.75, 3.05) is 19.0 Å². The van der Waals surface area contributed by atoms with Crippen molar-refractivity contribution in [3.8, 4) is 0 Å². The van der Waals surface area contributed by atoms with Crippen LogP contribution >= 0.6 is 0 Å². The molecule has 8 heteroatoms. The third-order valence-electron chi connectivity index (χ3n) is 2.17. The number of hydrogen-bond donors (Lipinski definition) is 1. The molecule has 18 heavy (non-hydrogen) atoms. The van der Waals surface area contributed by atoms with Crippen LogP contribution in [-0.4, -0.2) is 44.6 Å². The lowest BCUT2D eigenvalue weighted by Gasteiger charge is -2.05. The molecule has 0 aromatic carbocycles. The summed E-state index contributed by atoms with van der Waals surface area (Å²) < 4.78 is 6.22. The number of ether oxygens (including phenoxy) is 1. The van der Waals surface area contributed by atoms with Gasteiger partial charge >= 0.3 is 5.97 Å². The molecule has 0 aliphatic rings. The molecule has 0 amide bonds. The zero-order chi connectivity index (χ0) is 12.8. The van der Waals surface area contributed by atoms with Gasteiger partial charge in [-0.2, -0.15) is 0 Å². The highest BCUT2D eigenvalue weighted by atomic mass is 16.5. The highest BCUT2D eigenvalue weighted by Gasteiger charge is 2.06. The fraction of sp³-hybridized carbons (Fsp3) is 0.300. The summed E-state index contributed by atoms with van der Waals surface area (Å²) in [6.07, 6.45) is 6.23. The van der Waals surface area contributed by atoms with E-state index in [0.717, 1.165) is 0 Å². The van der Waals surface area contributed by atoms with Crippen LogP contribution in [0.2, 0.25) is 0 Å². The smallest absolute Gasteiger partial charge is 0.358 e. The van der Waals surface area contributed by atoms with Crippen LogP contribution in [0.25, 0.3) is 0 Å². The first-order chi connectivity index (χ1) is 8.79. The van der Waals surface area contributed by atoms with Gasteiger partial charge < -0.3 is 10.1 Å². The fourth-order valence-electron chi connectivity index (χ4n) is 1.28. The summed E-state index contributed by atoms with van der Waals surface area (Å²) in [6, 6.07) is 0. The Balaban J connectivity index is 1.85. The normalized spacial score (nSPS) is 10.1. The van der Waals surface area contributed by atoms with E-state index < -0.39 is 5.97 Å². The van der Waals surface area contributed by atoms with Crippen LogP contribution in [0.1, 0.15) is 10.5 Å². The lowest BCUT2D eigenvalue weighted by Crippen LogP contribution is -2.13. The number of carbonyl (C=O) groups is 1. The molecule has 0 unspecified atom stereocenters. The first-order valence-corrected chi connectivity index (χ1v) is 5.28. The van der Waals surface area contributed by atoms with Gasteiger partial charge in [-0.25, -0.2) is 14.8 Å². The van der Waals surface area contributed by atoms with E-state index >= 15 is 0 Å². The second kappa shape index (κ2) is 5.71. The van der Waals surface area contributed by atoms with Crippen molar-refractivity contribution in [2.24, 2.45) is 0 Å². The summed E-state index contributed by atoms with van der Waals surface area (Å²) >= 11 is 0. The van der Waals surface area contributed by atoms with Gasteiger partial charge in [-0.15, -0.1) is 5.10 Å². The van der Waals surface area contributed by atoms with Crippen molar-refractivity contribution >= 4 is 11.8 Å². The molecule has 0 atom stereocenters. The van der Waals surface area contributed by atoms with Gasteiger partial charge in [0.2, 0.25) is 0 Å². The van der Waals surface area contributed by atoms with E-state index in [1.165, 1.54) is 19.5 Å². The van der Waals surface area contributed by atoms with Crippen LogP contribution in [0.15, 0.2) is 24.8 Å². The van der Waals surface area contributed by atoms with Gasteiger partial charge in [0.25, 0.3) is 0 Å². The minimum Gasteiger partial charge on any atom is -0.464 e.